The van der Waals surface area contributed by atoms with Gasteiger partial charge in [-0.3, -0.25) is 9.59 Å². The molecule has 0 aliphatic heterocycles. The fourth-order valence-electron chi connectivity index (χ4n) is 2.51. The van der Waals surface area contributed by atoms with Crippen LogP contribution in [-0.4, -0.2) is 37.7 Å². The van der Waals surface area contributed by atoms with E-state index in [0.29, 0.717) is 0 Å². The van der Waals surface area contributed by atoms with E-state index in [1.807, 2.05) is 0 Å². The lowest BCUT2D eigenvalue weighted by molar-refractivity contribution is -0.165. The van der Waals surface area contributed by atoms with Crippen molar-refractivity contribution in [2.75, 3.05) is 19.8 Å². The summed E-state index contributed by atoms with van der Waals surface area (Å²) in [5, 5.41) is 0. The second-order valence-corrected chi connectivity index (χ2v) is 4.74. The van der Waals surface area contributed by atoms with Gasteiger partial charge >= 0.3 is 17.9 Å². The van der Waals surface area contributed by atoms with Crippen molar-refractivity contribution in [1.29, 1.82) is 0 Å². The number of allylic oxidation sites excluding steroid dienone is 1. The van der Waals surface area contributed by atoms with Crippen molar-refractivity contribution in [1.82, 2.24) is 0 Å². The van der Waals surface area contributed by atoms with Crippen LogP contribution in [-0.2, 0) is 28.6 Å². The molecular weight excluding hydrogens is 276 g/mol. The van der Waals surface area contributed by atoms with Crippen molar-refractivity contribution in [2.24, 2.45) is 17.3 Å². The van der Waals surface area contributed by atoms with Gasteiger partial charge in [0.25, 0.3) is 0 Å². The summed E-state index contributed by atoms with van der Waals surface area (Å²) < 4.78 is 14.8. The maximum atomic E-state index is 12.2. The molecule has 118 valence electrons. The number of carbonyl (C=O) groups is 3. The highest BCUT2D eigenvalue weighted by molar-refractivity contribution is 6.05. The minimum Gasteiger partial charge on any atom is -0.465 e. The van der Waals surface area contributed by atoms with Crippen LogP contribution in [0, 0.1) is 17.3 Å². The molecular formula is C15H22O6. The average molecular weight is 298 g/mol. The predicted molar refractivity (Wildman–Crippen MR) is 74.1 cm³/mol. The molecule has 6 nitrogen and oxygen atoms in total. The normalized spacial score (nSPS) is 22.7. The SMILES string of the molecule is CCOC(=O)/C=C/[C@H]1[C@H](C)C1(C(=O)OCC)C(=O)OCC. The van der Waals surface area contributed by atoms with Gasteiger partial charge in [0.1, 0.15) is 0 Å². The van der Waals surface area contributed by atoms with Crippen LogP contribution in [0.1, 0.15) is 27.7 Å². The largest absolute Gasteiger partial charge is 0.465 e. The fourth-order valence-corrected chi connectivity index (χ4v) is 2.51. The molecule has 0 bridgehead atoms. The summed E-state index contributed by atoms with van der Waals surface area (Å²) in [7, 11) is 0. The van der Waals surface area contributed by atoms with E-state index in [1.165, 1.54) is 12.2 Å². The van der Waals surface area contributed by atoms with E-state index in [9.17, 15) is 14.4 Å². The zero-order chi connectivity index (χ0) is 16.0. The Kier molecular flexibility index (Phi) is 5.93. The lowest BCUT2D eigenvalue weighted by Crippen LogP contribution is -2.33. The molecule has 0 amide bonds. The van der Waals surface area contributed by atoms with Gasteiger partial charge in [0, 0.05) is 12.0 Å². The first-order valence-corrected chi connectivity index (χ1v) is 7.16. The van der Waals surface area contributed by atoms with Crippen molar-refractivity contribution in [3.63, 3.8) is 0 Å². The van der Waals surface area contributed by atoms with E-state index in [-0.39, 0.29) is 25.7 Å². The van der Waals surface area contributed by atoms with Gasteiger partial charge in [0.2, 0.25) is 0 Å². The van der Waals surface area contributed by atoms with Crippen LogP contribution in [0.5, 0.6) is 0 Å². The molecule has 0 spiro atoms. The number of carbonyl (C=O) groups excluding carboxylic acids is 3. The van der Waals surface area contributed by atoms with Gasteiger partial charge < -0.3 is 14.2 Å². The maximum absolute atomic E-state index is 12.2. The van der Waals surface area contributed by atoms with Crippen molar-refractivity contribution >= 4 is 17.9 Å². The first-order valence-electron chi connectivity index (χ1n) is 7.16. The first-order chi connectivity index (χ1) is 9.96. The average Bonchev–Trinajstić information content (AvgIpc) is 3.03. The second kappa shape index (κ2) is 7.24. The first kappa shape index (κ1) is 17.2. The summed E-state index contributed by atoms with van der Waals surface area (Å²) in [6.07, 6.45) is 2.77. The minimum atomic E-state index is -1.34. The van der Waals surface area contributed by atoms with E-state index in [1.54, 1.807) is 27.7 Å². The molecule has 0 saturated heterocycles. The van der Waals surface area contributed by atoms with Gasteiger partial charge in [-0.05, 0) is 26.7 Å². The zero-order valence-corrected chi connectivity index (χ0v) is 12.9. The lowest BCUT2D eigenvalue weighted by atomic mass is 10.0. The van der Waals surface area contributed by atoms with Crippen molar-refractivity contribution in [2.45, 2.75) is 27.7 Å². The van der Waals surface area contributed by atoms with Crippen molar-refractivity contribution in [3.05, 3.63) is 12.2 Å². The topological polar surface area (TPSA) is 78.9 Å². The summed E-state index contributed by atoms with van der Waals surface area (Å²) in [6.45, 7) is 7.44. The molecule has 2 atom stereocenters. The third-order valence-electron chi connectivity index (χ3n) is 3.63. The molecule has 0 aromatic rings. The van der Waals surface area contributed by atoms with E-state index in [0.717, 1.165) is 0 Å². The summed E-state index contributed by atoms with van der Waals surface area (Å²) in [6, 6.07) is 0. The molecule has 0 radical (unpaired) electrons. The molecule has 1 aliphatic carbocycles. The minimum absolute atomic E-state index is 0.182. The Morgan fingerprint density at radius 3 is 1.86 bits per heavy atom. The monoisotopic (exact) mass is 298 g/mol. The lowest BCUT2D eigenvalue weighted by Gasteiger charge is -2.14. The molecule has 6 heteroatoms. The molecule has 0 aromatic heterocycles. The van der Waals surface area contributed by atoms with Crippen molar-refractivity contribution < 1.29 is 28.6 Å². The molecule has 1 aliphatic rings. The molecule has 1 rings (SSSR count). The summed E-state index contributed by atoms with van der Waals surface area (Å²) in [5.74, 6) is -2.40. The molecule has 0 heterocycles. The van der Waals surface area contributed by atoms with Gasteiger partial charge in [-0.2, -0.15) is 0 Å². The summed E-state index contributed by atoms with van der Waals surface area (Å²) in [5.41, 5.74) is -1.34. The van der Waals surface area contributed by atoms with Gasteiger partial charge in [-0.25, -0.2) is 4.79 Å². The second-order valence-electron chi connectivity index (χ2n) is 4.74. The highest BCUT2D eigenvalue weighted by Crippen LogP contribution is 2.61. The Balaban J connectivity index is 2.92. The molecule has 21 heavy (non-hydrogen) atoms. The third-order valence-corrected chi connectivity index (χ3v) is 3.63. The van der Waals surface area contributed by atoms with E-state index in [4.69, 9.17) is 14.2 Å². The quantitative estimate of drug-likeness (QED) is 0.306. The molecule has 1 fully saturated rings. The molecule has 0 aromatic carbocycles. The van der Waals surface area contributed by atoms with Gasteiger partial charge in [-0.1, -0.05) is 13.0 Å². The molecule has 0 unspecified atom stereocenters. The molecule has 0 N–H and O–H groups in total. The smallest absolute Gasteiger partial charge is 0.330 e. The van der Waals surface area contributed by atoms with Crippen LogP contribution < -0.4 is 0 Å². The summed E-state index contributed by atoms with van der Waals surface area (Å²) >= 11 is 0. The Hall–Kier alpha value is -1.85. The number of rotatable bonds is 7. The fraction of sp³-hybridized carbons (Fsp3) is 0.667. The molecule has 1 saturated carbocycles. The van der Waals surface area contributed by atoms with Gasteiger partial charge in [0.15, 0.2) is 5.41 Å². The highest BCUT2D eigenvalue weighted by Gasteiger charge is 2.73. The highest BCUT2D eigenvalue weighted by atomic mass is 16.6. The van der Waals surface area contributed by atoms with Crippen LogP contribution in [0.4, 0.5) is 0 Å². The van der Waals surface area contributed by atoms with Crippen LogP contribution in [0.15, 0.2) is 12.2 Å². The number of hydrogen-bond acceptors (Lipinski definition) is 6. The van der Waals surface area contributed by atoms with Gasteiger partial charge in [-0.15, -0.1) is 0 Å². The Bertz CT molecular complexity index is 421. The standard InChI is InChI=1S/C15H22O6/c1-5-19-12(16)9-8-11-10(4)15(11,13(17)20-6-2)14(18)21-7-3/h8-11H,5-7H2,1-4H3/b9-8+/t10-,11-/m0/s1. The number of ether oxygens (including phenoxy) is 3. The maximum Gasteiger partial charge on any atom is 0.330 e. The Morgan fingerprint density at radius 1 is 0.952 bits per heavy atom. The summed E-state index contributed by atoms with van der Waals surface area (Å²) in [4.78, 5) is 35.7. The zero-order valence-electron chi connectivity index (χ0n) is 12.9. The van der Waals surface area contributed by atoms with E-state index in [2.05, 4.69) is 0 Å². The van der Waals surface area contributed by atoms with Crippen LogP contribution in [0.3, 0.4) is 0 Å². The van der Waals surface area contributed by atoms with Crippen LogP contribution in [0.2, 0.25) is 0 Å². The third kappa shape index (κ3) is 3.25. The Morgan fingerprint density at radius 2 is 1.43 bits per heavy atom. The van der Waals surface area contributed by atoms with Crippen LogP contribution in [0.25, 0.3) is 0 Å². The van der Waals surface area contributed by atoms with E-state index < -0.39 is 29.2 Å². The van der Waals surface area contributed by atoms with Crippen molar-refractivity contribution in [3.8, 4) is 0 Å². The van der Waals surface area contributed by atoms with Crippen LogP contribution >= 0.6 is 0 Å². The number of esters is 3. The number of hydrogen-bond donors (Lipinski definition) is 0. The van der Waals surface area contributed by atoms with E-state index >= 15 is 0 Å². The predicted octanol–water partition coefficient (Wildman–Crippen LogP) is 1.48. The van der Waals surface area contributed by atoms with Gasteiger partial charge in [0.05, 0.1) is 19.8 Å². The Labute approximate surface area is 124 Å².